The molecule has 0 aromatic heterocycles. The van der Waals surface area contributed by atoms with Crippen molar-refractivity contribution in [3.05, 3.63) is 83.4 Å². The zero-order chi connectivity index (χ0) is 35.0. The van der Waals surface area contributed by atoms with E-state index in [4.69, 9.17) is 35.5 Å². The van der Waals surface area contributed by atoms with Crippen molar-refractivity contribution in [3.63, 3.8) is 0 Å². The number of isocyanates is 3. The average molecular weight is 635 g/mol. The number of aryl methyl sites for hydroxylation is 1. The standard InChI is InChI=1S/C15H10N2O2.C9H6N2O2.C5H10O4.C3H8O2/c16-10-19-15-7-3-13(4-8-15)9-12-1-5-14(6-2-12)17-11-18;1-7-2-3-8(10-5-12)4-9(7)11-6-13;1-5(2-6,3-7)4(8)9;1-3(5)2-4/h1-8H,9H2;2-4H,1H3;6-7H,2-3H2,1H3,(H,8,9);3-5H,2H2,1H3. The highest BCUT2D eigenvalue weighted by Crippen LogP contribution is 2.24. The third kappa shape index (κ3) is 16.3. The van der Waals surface area contributed by atoms with E-state index in [9.17, 15) is 19.2 Å². The summed E-state index contributed by atoms with van der Waals surface area (Å²) < 4.78 is 4.71. The molecule has 3 rings (SSSR count). The molecule has 14 heteroatoms. The molecule has 0 heterocycles. The molecule has 0 saturated carbocycles. The van der Waals surface area contributed by atoms with Crippen LogP contribution in [0.4, 0.5) is 17.1 Å². The Kier molecular flexibility index (Phi) is 20.1. The fraction of sp³-hybridized carbons (Fsp3) is 0.281. The van der Waals surface area contributed by atoms with Gasteiger partial charge in [-0.3, -0.25) is 4.79 Å². The van der Waals surface area contributed by atoms with Gasteiger partial charge in [-0.25, -0.2) is 14.4 Å². The van der Waals surface area contributed by atoms with E-state index in [1.165, 1.54) is 38.2 Å². The highest BCUT2D eigenvalue weighted by molar-refractivity contribution is 5.74. The number of nitriles is 1. The Labute approximate surface area is 264 Å². The first-order valence-electron chi connectivity index (χ1n) is 13.3. The Balaban J connectivity index is 0.000000652. The molecule has 242 valence electrons. The normalized spacial score (nSPS) is 10.0. The molecule has 0 aliphatic heterocycles. The number of hydrogen-bond acceptors (Lipinski definition) is 13. The van der Waals surface area contributed by atoms with E-state index in [-0.39, 0.29) is 6.61 Å². The van der Waals surface area contributed by atoms with E-state index in [2.05, 4.69) is 15.0 Å². The lowest BCUT2D eigenvalue weighted by Crippen LogP contribution is -2.35. The van der Waals surface area contributed by atoms with Gasteiger partial charge < -0.3 is 30.3 Å². The Morgan fingerprint density at radius 2 is 1.30 bits per heavy atom. The van der Waals surface area contributed by atoms with Gasteiger partial charge in [-0.05, 0) is 80.3 Å². The van der Waals surface area contributed by atoms with Crippen LogP contribution in [0.15, 0.2) is 81.7 Å². The third-order valence-electron chi connectivity index (χ3n) is 5.62. The number of carboxylic acid groups (broad SMARTS) is 1. The first kappa shape index (κ1) is 40.4. The average Bonchev–Trinajstić information content (AvgIpc) is 3.05. The highest BCUT2D eigenvalue weighted by Gasteiger charge is 2.31. The highest BCUT2D eigenvalue weighted by atomic mass is 16.5. The van der Waals surface area contributed by atoms with Gasteiger partial charge in [0.2, 0.25) is 18.2 Å². The largest absolute Gasteiger partial charge is 0.481 e. The summed E-state index contributed by atoms with van der Waals surface area (Å²) in [7, 11) is 0. The molecule has 5 N–H and O–H groups in total. The number of carbonyl (C=O) groups is 1. The van der Waals surface area contributed by atoms with Crippen LogP contribution < -0.4 is 4.74 Å². The minimum Gasteiger partial charge on any atom is -0.481 e. The zero-order valence-electron chi connectivity index (χ0n) is 25.3. The number of hydrogen-bond donors (Lipinski definition) is 5. The van der Waals surface area contributed by atoms with Crippen molar-refractivity contribution in [3.8, 4) is 12.0 Å². The zero-order valence-corrected chi connectivity index (χ0v) is 25.3. The maximum Gasteiger partial charge on any atom is 0.314 e. The number of nitrogens with zero attached hydrogens (tertiary/aromatic N) is 4. The molecule has 0 saturated heterocycles. The van der Waals surface area contributed by atoms with Gasteiger partial charge in [0, 0.05) is 0 Å². The minimum absolute atomic E-state index is 0.139. The summed E-state index contributed by atoms with van der Waals surface area (Å²) in [5.41, 5.74) is 3.14. The van der Waals surface area contributed by atoms with Crippen molar-refractivity contribution in [2.45, 2.75) is 33.3 Å². The van der Waals surface area contributed by atoms with E-state index >= 15 is 0 Å². The van der Waals surface area contributed by atoms with Crippen LogP contribution in [0.3, 0.4) is 0 Å². The van der Waals surface area contributed by atoms with E-state index in [1.807, 2.05) is 24.3 Å². The molecule has 14 nitrogen and oxygen atoms in total. The Hall–Kier alpha value is -5.60. The monoisotopic (exact) mass is 634 g/mol. The number of aliphatic carboxylic acids is 1. The molecule has 0 spiro atoms. The second-order valence-electron chi connectivity index (χ2n) is 9.47. The maximum absolute atomic E-state index is 10.2. The lowest BCUT2D eigenvalue weighted by atomic mass is 9.94. The number of carboxylic acids is 1. The summed E-state index contributed by atoms with van der Waals surface area (Å²) in [5, 5.41) is 49.5. The SMILES string of the molecule is CC(CO)(CO)C(=O)O.CC(O)CO.Cc1ccc(N=C=O)cc1N=C=O.N#COc1ccc(Cc2ccc(N=C=O)cc2)cc1. The van der Waals surface area contributed by atoms with Gasteiger partial charge in [-0.2, -0.15) is 15.0 Å². The number of aliphatic hydroxyl groups excluding tert-OH is 4. The molecule has 0 fully saturated rings. The summed E-state index contributed by atoms with van der Waals surface area (Å²) >= 11 is 0. The molecule has 1 atom stereocenters. The predicted octanol–water partition coefficient (Wildman–Crippen LogP) is 3.46. The van der Waals surface area contributed by atoms with E-state index < -0.39 is 30.7 Å². The van der Waals surface area contributed by atoms with Gasteiger partial charge in [0.05, 0.1) is 43.0 Å². The van der Waals surface area contributed by atoms with Crippen LogP contribution >= 0.6 is 0 Å². The van der Waals surface area contributed by atoms with Gasteiger partial charge in [0.25, 0.3) is 6.26 Å². The van der Waals surface area contributed by atoms with Crippen LogP contribution in [-0.4, -0.2) is 75.7 Å². The predicted molar refractivity (Wildman–Crippen MR) is 165 cm³/mol. The van der Waals surface area contributed by atoms with Crippen molar-refractivity contribution in [2.75, 3.05) is 19.8 Å². The number of benzene rings is 3. The molecule has 0 bridgehead atoms. The number of aliphatic hydroxyl groups is 4. The topological polar surface area (TPSA) is 240 Å². The van der Waals surface area contributed by atoms with Crippen LogP contribution in [0.25, 0.3) is 0 Å². The quantitative estimate of drug-likeness (QED) is 0.123. The van der Waals surface area contributed by atoms with Crippen molar-refractivity contribution in [1.29, 1.82) is 5.26 Å². The molecule has 0 amide bonds. The Morgan fingerprint density at radius 3 is 1.70 bits per heavy atom. The molecule has 3 aromatic rings. The molecular weight excluding hydrogens is 600 g/mol. The summed E-state index contributed by atoms with van der Waals surface area (Å²) in [6.07, 6.45) is 6.17. The Bertz CT molecular complexity index is 1550. The maximum atomic E-state index is 10.2. The summed E-state index contributed by atoms with van der Waals surface area (Å²) in [4.78, 5) is 50.6. The van der Waals surface area contributed by atoms with E-state index in [0.29, 0.717) is 22.8 Å². The summed E-state index contributed by atoms with van der Waals surface area (Å²) in [6.45, 7) is 3.37. The number of carbonyl (C=O) groups excluding carboxylic acids is 3. The first-order valence-corrected chi connectivity index (χ1v) is 13.3. The summed E-state index contributed by atoms with van der Waals surface area (Å²) in [5.74, 6) is -0.658. The number of ether oxygens (including phenoxy) is 1. The fourth-order valence-electron chi connectivity index (χ4n) is 2.78. The van der Waals surface area contributed by atoms with Crippen LogP contribution in [-0.2, 0) is 25.6 Å². The second kappa shape index (κ2) is 22.9. The molecule has 1 unspecified atom stereocenters. The molecule has 0 aliphatic rings. The van der Waals surface area contributed by atoms with Gasteiger partial charge in [-0.1, -0.05) is 30.3 Å². The van der Waals surface area contributed by atoms with Crippen LogP contribution in [0.5, 0.6) is 5.75 Å². The number of aliphatic imine (C=N–C) groups is 3. The van der Waals surface area contributed by atoms with Crippen molar-refractivity contribution < 1.29 is 49.4 Å². The van der Waals surface area contributed by atoms with Gasteiger partial charge in [0.1, 0.15) is 11.2 Å². The third-order valence-corrected chi connectivity index (χ3v) is 5.62. The smallest absolute Gasteiger partial charge is 0.314 e. The second-order valence-corrected chi connectivity index (χ2v) is 9.47. The lowest BCUT2D eigenvalue weighted by Gasteiger charge is -2.17. The van der Waals surface area contributed by atoms with Gasteiger partial charge in [0.15, 0.2) is 0 Å². The molecule has 0 radical (unpaired) electrons. The molecular formula is C32H34N4O10. The van der Waals surface area contributed by atoms with Crippen LogP contribution in [0.2, 0.25) is 0 Å². The Morgan fingerprint density at radius 1 is 0.848 bits per heavy atom. The van der Waals surface area contributed by atoms with Crippen molar-refractivity contribution >= 4 is 41.3 Å². The molecule has 3 aromatic carbocycles. The summed E-state index contributed by atoms with van der Waals surface area (Å²) in [6, 6.07) is 19.6. The van der Waals surface area contributed by atoms with Gasteiger partial charge in [-0.15, -0.1) is 5.26 Å². The minimum atomic E-state index is -1.39. The van der Waals surface area contributed by atoms with E-state index in [1.54, 1.807) is 49.6 Å². The lowest BCUT2D eigenvalue weighted by molar-refractivity contribution is -0.152. The molecule has 46 heavy (non-hydrogen) atoms. The van der Waals surface area contributed by atoms with Crippen LogP contribution in [0.1, 0.15) is 30.5 Å². The van der Waals surface area contributed by atoms with Gasteiger partial charge >= 0.3 is 5.97 Å². The van der Waals surface area contributed by atoms with Crippen molar-refractivity contribution in [2.24, 2.45) is 20.4 Å². The first-order chi connectivity index (χ1) is 21.9. The van der Waals surface area contributed by atoms with E-state index in [0.717, 1.165) is 23.1 Å². The number of rotatable bonds is 10. The van der Waals surface area contributed by atoms with Crippen molar-refractivity contribution in [1.82, 2.24) is 0 Å². The van der Waals surface area contributed by atoms with Crippen LogP contribution in [0, 0.1) is 23.9 Å². The molecule has 0 aliphatic carbocycles. The fourth-order valence-corrected chi connectivity index (χ4v) is 2.78.